The number of imidazole rings is 1. The summed E-state index contributed by atoms with van der Waals surface area (Å²) in [5.41, 5.74) is 9.82. The third-order valence-corrected chi connectivity index (χ3v) is 8.95. The van der Waals surface area contributed by atoms with E-state index in [1.165, 1.54) is 5.30 Å². The zero-order chi connectivity index (χ0) is 30.2. The van der Waals surface area contributed by atoms with Crippen LogP contribution in [0.3, 0.4) is 0 Å². The van der Waals surface area contributed by atoms with Gasteiger partial charge in [-0.2, -0.15) is 0 Å². The average Bonchev–Trinajstić information content (AvgIpc) is 3.29. The van der Waals surface area contributed by atoms with Crippen molar-refractivity contribution in [2.75, 3.05) is 25.7 Å². The summed E-state index contributed by atoms with van der Waals surface area (Å²) in [4.78, 5) is 34.0. The molecule has 0 atom stereocenters. The van der Waals surface area contributed by atoms with E-state index in [1.54, 1.807) is 6.20 Å². The molecule has 0 unspecified atom stereocenters. The monoisotopic (exact) mass is 702 g/mol. The van der Waals surface area contributed by atoms with Gasteiger partial charge in [0.2, 0.25) is 0 Å². The van der Waals surface area contributed by atoms with Gasteiger partial charge >= 0.3 is 0 Å². The lowest BCUT2D eigenvalue weighted by Crippen LogP contribution is -2.40. The third kappa shape index (κ3) is 7.55. The molecular formula is C30H38IN7O3P+. The Hall–Kier alpha value is -3.31. The molecule has 12 heteroatoms. The summed E-state index contributed by atoms with van der Waals surface area (Å²) in [7, 11) is -0.138. The van der Waals surface area contributed by atoms with Crippen LogP contribution in [0.5, 0.6) is 5.75 Å². The molecule has 0 saturated heterocycles. The van der Waals surface area contributed by atoms with Gasteiger partial charge < -0.3 is 21.1 Å². The van der Waals surface area contributed by atoms with Crippen molar-refractivity contribution < 1.29 is 18.9 Å². The molecule has 4 rings (SSSR count). The first-order chi connectivity index (χ1) is 20.2. The van der Waals surface area contributed by atoms with Crippen LogP contribution < -0.4 is 31.0 Å². The number of nitrogen functional groups attached to an aromatic ring is 1. The molecule has 0 aliphatic heterocycles. The van der Waals surface area contributed by atoms with Gasteiger partial charge in [0.05, 0.1) is 25.0 Å². The van der Waals surface area contributed by atoms with Crippen molar-refractivity contribution in [1.29, 1.82) is 0 Å². The number of halogens is 1. The number of aryl methyl sites for hydroxylation is 2. The molecular weight excluding hydrogens is 664 g/mol. The number of benzene rings is 2. The molecule has 10 nitrogen and oxygen atoms in total. The van der Waals surface area contributed by atoms with E-state index in [4.69, 9.17) is 10.5 Å². The lowest BCUT2D eigenvalue weighted by molar-refractivity contribution is -0.676. The van der Waals surface area contributed by atoms with Gasteiger partial charge in [-0.05, 0) is 49.7 Å². The molecule has 42 heavy (non-hydrogen) atoms. The smallest absolute Gasteiger partial charge is 0.277 e. The number of carbonyl (C=O) groups is 2. The molecule has 0 aliphatic rings. The summed E-state index contributed by atoms with van der Waals surface area (Å²) in [5.74, 6) is 1.11. The number of fused-ring (bicyclic) bond motifs is 1. The summed E-state index contributed by atoms with van der Waals surface area (Å²) in [6.45, 7) is 10.8. The van der Waals surface area contributed by atoms with Crippen molar-refractivity contribution >= 4 is 64.5 Å². The fourth-order valence-corrected chi connectivity index (χ4v) is 5.81. The van der Waals surface area contributed by atoms with E-state index in [0.717, 1.165) is 35.4 Å². The molecule has 2 aromatic carbocycles. The number of nitrogens with zero attached hydrogens (tertiary/aromatic N) is 4. The number of carbonyl (C=O) groups excluding carboxylic acids is 2. The number of alkyl halides is 1. The van der Waals surface area contributed by atoms with E-state index in [2.05, 4.69) is 104 Å². The number of anilines is 1. The van der Waals surface area contributed by atoms with E-state index >= 15 is 0 Å². The van der Waals surface area contributed by atoms with Crippen LogP contribution in [0.25, 0.3) is 11.0 Å². The highest BCUT2D eigenvalue weighted by Crippen LogP contribution is 2.24. The Labute approximate surface area is 261 Å². The lowest BCUT2D eigenvalue weighted by atomic mass is 10.2. The number of rotatable bonds is 13. The van der Waals surface area contributed by atoms with Gasteiger partial charge in [0, 0.05) is 17.0 Å². The number of nitrogens with two attached hydrogens (primary N) is 1. The summed E-state index contributed by atoms with van der Waals surface area (Å²) >= 11 is 2.17. The van der Waals surface area contributed by atoms with Gasteiger partial charge in [-0.1, -0.05) is 61.7 Å². The van der Waals surface area contributed by atoms with Crippen LogP contribution in [0, 0.1) is 0 Å². The maximum Gasteiger partial charge on any atom is 0.277 e. The van der Waals surface area contributed by atoms with Gasteiger partial charge in [0.25, 0.3) is 17.6 Å². The van der Waals surface area contributed by atoms with Crippen molar-refractivity contribution in [2.24, 2.45) is 0 Å². The van der Waals surface area contributed by atoms with E-state index in [0.29, 0.717) is 29.0 Å². The Kier molecular flexibility index (Phi) is 11.1. The average molecular weight is 703 g/mol. The maximum absolute atomic E-state index is 13.0. The van der Waals surface area contributed by atoms with Gasteiger partial charge in [-0.15, -0.1) is 0 Å². The van der Waals surface area contributed by atoms with Gasteiger partial charge in [0.15, 0.2) is 29.2 Å². The quantitative estimate of drug-likeness (QED) is 0.0846. The van der Waals surface area contributed by atoms with Crippen molar-refractivity contribution in [3.63, 3.8) is 0 Å². The summed E-state index contributed by atoms with van der Waals surface area (Å²) in [5, 5.41) is 7.25. The predicted molar refractivity (Wildman–Crippen MR) is 176 cm³/mol. The molecule has 4 aromatic rings. The molecule has 222 valence electrons. The van der Waals surface area contributed by atoms with E-state index in [-0.39, 0.29) is 44.4 Å². The van der Waals surface area contributed by atoms with Crippen LogP contribution in [-0.2, 0) is 35.4 Å². The highest BCUT2D eigenvalue weighted by atomic mass is 127. The normalized spacial score (nSPS) is 11.2. The van der Waals surface area contributed by atoms with Gasteiger partial charge in [-0.3, -0.25) is 9.59 Å². The predicted octanol–water partition coefficient (Wildman–Crippen LogP) is 3.66. The molecule has 2 amide bonds. The molecule has 2 heterocycles. The first kappa shape index (κ1) is 31.6. The SMILES string of the molecule is CCCn1c(CNC(=O)c2nc(CI)cnc2N)[n+](CC)c2ccc(OCC(=O)NCc3ccc(P(C)C)cc3)cc21. The highest BCUT2D eigenvalue weighted by Gasteiger charge is 2.25. The molecule has 2 aromatic heterocycles. The molecule has 4 N–H and O–H groups in total. The Morgan fingerprint density at radius 3 is 2.52 bits per heavy atom. The minimum Gasteiger partial charge on any atom is -0.484 e. The number of hydrogen-bond donors (Lipinski definition) is 3. The van der Waals surface area contributed by atoms with Crippen LogP contribution in [0.15, 0.2) is 48.7 Å². The van der Waals surface area contributed by atoms with Crippen LogP contribution in [0.2, 0.25) is 0 Å². The van der Waals surface area contributed by atoms with Crippen LogP contribution in [0.4, 0.5) is 5.82 Å². The summed E-state index contributed by atoms with van der Waals surface area (Å²) < 4.78 is 10.9. The number of aromatic nitrogens is 4. The van der Waals surface area contributed by atoms with Crippen molar-refractivity contribution in [3.8, 4) is 5.75 Å². The molecule has 0 saturated carbocycles. The summed E-state index contributed by atoms with van der Waals surface area (Å²) in [6.07, 6.45) is 2.48. The van der Waals surface area contributed by atoms with E-state index < -0.39 is 0 Å². The second kappa shape index (κ2) is 14.7. The number of amides is 2. The minimum absolute atomic E-state index is 0.0806. The molecule has 0 fully saturated rings. The zero-order valence-electron chi connectivity index (χ0n) is 24.5. The topological polar surface area (TPSA) is 128 Å². The minimum atomic E-state index is -0.366. The fourth-order valence-electron chi connectivity index (χ4n) is 4.70. The van der Waals surface area contributed by atoms with Crippen molar-refractivity contribution in [1.82, 2.24) is 25.2 Å². The molecule has 0 radical (unpaired) electrons. The second-order valence-corrected chi connectivity index (χ2v) is 13.1. The zero-order valence-corrected chi connectivity index (χ0v) is 27.5. The first-order valence-corrected chi connectivity index (χ1v) is 17.7. The lowest BCUT2D eigenvalue weighted by Gasteiger charge is -2.09. The summed E-state index contributed by atoms with van der Waals surface area (Å²) in [6, 6.07) is 14.2. The molecule has 0 bridgehead atoms. The standard InChI is InChI=1S/C30H37IN7O3P/c1-5-13-38-25-14-22(41-19-26(39)33-16-20-7-10-23(11-8-20)42(3)4)9-12-24(25)37(6-2)27(38)18-35-30(40)28-29(32)34-17-21(15-31)36-28/h7-12,14,17H,5-6,13,15-16,18-19H2,1-4H3,(H3-,32,33,34,35,39,40)/p+1. The van der Waals surface area contributed by atoms with Crippen molar-refractivity contribution in [2.45, 2.75) is 50.9 Å². The Morgan fingerprint density at radius 1 is 1.10 bits per heavy atom. The van der Waals surface area contributed by atoms with E-state index in [9.17, 15) is 9.59 Å². The molecule has 0 spiro atoms. The Morgan fingerprint density at radius 2 is 1.86 bits per heavy atom. The van der Waals surface area contributed by atoms with Gasteiger partial charge in [-0.25, -0.2) is 19.1 Å². The van der Waals surface area contributed by atoms with Gasteiger partial charge in [0.1, 0.15) is 12.3 Å². The largest absolute Gasteiger partial charge is 0.484 e. The Balaban J connectivity index is 1.47. The maximum atomic E-state index is 13.0. The van der Waals surface area contributed by atoms with Crippen molar-refractivity contribution in [3.05, 3.63) is 71.4 Å². The highest BCUT2D eigenvalue weighted by molar-refractivity contribution is 14.1. The number of ether oxygens (including phenoxy) is 1. The fraction of sp³-hybridized carbons (Fsp3) is 0.367. The van der Waals surface area contributed by atoms with E-state index in [1.807, 2.05) is 18.2 Å². The van der Waals surface area contributed by atoms with Crippen LogP contribution in [0.1, 0.15) is 47.8 Å². The number of hydrogen-bond acceptors (Lipinski definition) is 6. The third-order valence-electron chi connectivity index (χ3n) is 6.84. The van der Waals surface area contributed by atoms with Crippen LogP contribution >= 0.6 is 30.5 Å². The second-order valence-electron chi connectivity index (χ2n) is 10.0. The molecule has 0 aliphatic carbocycles. The van der Waals surface area contributed by atoms with Crippen LogP contribution in [-0.4, -0.2) is 46.3 Å². The first-order valence-electron chi connectivity index (χ1n) is 13.9. The Bertz CT molecular complexity index is 1560. The number of nitrogens with one attached hydrogen (secondary N) is 2.